The Labute approximate surface area is 276 Å². The Morgan fingerprint density at radius 1 is 1.07 bits per heavy atom. The molecule has 0 atom stereocenters. The predicted molar refractivity (Wildman–Crippen MR) is 191 cm³/mol. The van der Waals surface area contributed by atoms with Crippen LogP contribution in [-0.2, 0) is 16.1 Å². The number of nitrogens with zero attached hydrogens (tertiary/aromatic N) is 4. The van der Waals surface area contributed by atoms with Crippen molar-refractivity contribution in [1.29, 1.82) is 0 Å². The Morgan fingerprint density at radius 3 is 2.30 bits per heavy atom. The van der Waals surface area contributed by atoms with Crippen LogP contribution in [0.2, 0.25) is 0 Å². The fourth-order valence-electron chi connectivity index (χ4n) is 4.51. The van der Waals surface area contributed by atoms with Crippen LogP contribution in [0.3, 0.4) is 0 Å². The summed E-state index contributed by atoms with van der Waals surface area (Å²) in [4.78, 5) is 40.3. The van der Waals surface area contributed by atoms with Gasteiger partial charge in [0.2, 0.25) is 0 Å². The van der Waals surface area contributed by atoms with Crippen molar-refractivity contribution in [2.45, 2.75) is 94.7 Å². The van der Waals surface area contributed by atoms with Gasteiger partial charge >= 0.3 is 6.09 Å². The van der Waals surface area contributed by atoms with E-state index in [1.807, 2.05) is 53.7 Å². The molecular weight excluding hydrogens is 574 g/mol. The van der Waals surface area contributed by atoms with Gasteiger partial charge in [0.15, 0.2) is 0 Å². The van der Waals surface area contributed by atoms with Crippen molar-refractivity contribution in [2.24, 2.45) is 10.4 Å². The highest BCUT2D eigenvalue weighted by atomic mass is 16.6. The minimum absolute atomic E-state index is 0.0110. The Morgan fingerprint density at radius 2 is 1.74 bits per heavy atom. The Balaban J connectivity index is 0.00000361. The summed E-state index contributed by atoms with van der Waals surface area (Å²) < 4.78 is 5.51. The first-order valence-electron chi connectivity index (χ1n) is 15.7. The van der Waals surface area contributed by atoms with Gasteiger partial charge in [0.25, 0.3) is 5.91 Å². The zero-order chi connectivity index (χ0) is 34.8. The largest absolute Gasteiger partial charge is 0.444 e. The van der Waals surface area contributed by atoms with Gasteiger partial charge < -0.3 is 15.0 Å². The number of carbonyl (C=O) groups excluding carboxylic acids is 2. The Hall–Kier alpha value is -4.33. The molecule has 0 bridgehead atoms. The van der Waals surface area contributed by atoms with Crippen LogP contribution in [-0.4, -0.2) is 51.3 Å². The van der Waals surface area contributed by atoms with E-state index in [1.54, 1.807) is 24.4 Å². The molecule has 0 radical (unpaired) electrons. The highest BCUT2D eigenvalue weighted by Crippen LogP contribution is 2.28. The van der Waals surface area contributed by atoms with E-state index in [2.05, 4.69) is 79.3 Å². The van der Waals surface area contributed by atoms with Crippen molar-refractivity contribution < 1.29 is 14.3 Å². The van der Waals surface area contributed by atoms with Crippen LogP contribution in [0.1, 0.15) is 91.1 Å². The monoisotopic (exact) mass is 627 g/mol. The average molecular weight is 628 g/mol. The minimum Gasteiger partial charge on any atom is -0.444 e. The topological polar surface area (TPSA) is 96.8 Å². The highest BCUT2D eigenvalue weighted by Gasteiger charge is 2.24. The summed E-state index contributed by atoms with van der Waals surface area (Å²) in [6.45, 7) is 29.5. The van der Waals surface area contributed by atoms with Gasteiger partial charge in [-0.2, -0.15) is 0 Å². The summed E-state index contributed by atoms with van der Waals surface area (Å²) in [5.74, 6) is -0.185. The van der Waals surface area contributed by atoms with Gasteiger partial charge in [0.1, 0.15) is 17.6 Å². The maximum absolute atomic E-state index is 12.6. The number of hydrogen-bond acceptors (Lipinski definition) is 6. The van der Waals surface area contributed by atoms with Crippen molar-refractivity contribution in [1.82, 2.24) is 20.2 Å². The molecule has 0 saturated heterocycles. The summed E-state index contributed by atoms with van der Waals surface area (Å²) >= 11 is 0. The number of carbonyl (C=O) groups is 2. The molecule has 1 aromatic heterocycles. The zero-order valence-electron chi connectivity index (χ0n) is 29.8. The number of aryl methyl sites for hydroxylation is 1. The molecule has 2 heterocycles. The summed E-state index contributed by atoms with van der Waals surface area (Å²) in [5.41, 5.74) is 9.18. The van der Waals surface area contributed by atoms with Crippen LogP contribution in [0, 0.1) is 19.3 Å². The third kappa shape index (κ3) is 10.9. The molecule has 8 nitrogen and oxygen atoms in total. The van der Waals surface area contributed by atoms with E-state index in [0.717, 1.165) is 51.2 Å². The molecule has 1 N–H and O–H groups in total. The molecule has 1 aliphatic rings. The van der Waals surface area contributed by atoms with Crippen molar-refractivity contribution in [3.63, 3.8) is 0 Å². The van der Waals surface area contributed by atoms with E-state index in [1.165, 1.54) is 5.57 Å². The summed E-state index contributed by atoms with van der Waals surface area (Å²) in [6.07, 6.45) is 8.04. The third-order valence-corrected chi connectivity index (χ3v) is 7.86. The highest BCUT2D eigenvalue weighted by molar-refractivity contribution is 6.38. The van der Waals surface area contributed by atoms with Crippen LogP contribution in [0.5, 0.6) is 0 Å². The first-order chi connectivity index (χ1) is 21.5. The van der Waals surface area contributed by atoms with Crippen LogP contribution in [0.15, 0.2) is 71.7 Å². The lowest BCUT2D eigenvalue weighted by Crippen LogP contribution is -2.39. The molecule has 0 spiro atoms. The number of ether oxygens (including phenoxy) is 1. The number of rotatable bonds is 7. The predicted octanol–water partition coefficient (Wildman–Crippen LogP) is 8.56. The zero-order valence-corrected chi connectivity index (χ0v) is 29.8. The van der Waals surface area contributed by atoms with Crippen molar-refractivity contribution >= 4 is 23.8 Å². The van der Waals surface area contributed by atoms with E-state index in [0.29, 0.717) is 25.3 Å². The van der Waals surface area contributed by atoms with Gasteiger partial charge in [-0.1, -0.05) is 39.0 Å². The Kier molecular flexibility index (Phi) is 13.4. The number of allylic oxidation sites excluding steroid dienone is 2. The van der Waals surface area contributed by atoms with Gasteiger partial charge in [-0.25, -0.2) is 14.8 Å². The van der Waals surface area contributed by atoms with E-state index in [-0.39, 0.29) is 17.4 Å². The second-order valence-electron chi connectivity index (χ2n) is 13.6. The number of hydrogen-bond donors (Lipinski definition) is 1. The fourth-order valence-corrected chi connectivity index (χ4v) is 4.51. The molecule has 46 heavy (non-hydrogen) atoms. The molecule has 248 valence electrons. The molecule has 0 fully saturated rings. The second-order valence-corrected chi connectivity index (χ2v) is 13.6. The molecule has 3 rings (SSSR count). The Bertz CT molecular complexity index is 1530. The van der Waals surface area contributed by atoms with Crippen molar-refractivity contribution in [2.75, 3.05) is 13.1 Å². The van der Waals surface area contributed by atoms with Crippen molar-refractivity contribution in [3.05, 3.63) is 89.1 Å². The number of nitrogens with one attached hydrogen (secondary N) is 1. The standard InChI is InChI=1S/C36H49N5O3.C2H4/c1-23-18-29(12-13-30(23)21-38-33(42)27(5)37-20-25(3)35(6,7)8)32-26(4)31(39-22-40-32)19-24(2)28-14-16-41(17-15-28)34(43)44-36(9,10)11;1-2/h12-14,18-20,22H,15-17,21H2,1-11H3,(H,38,42);1-2H2/b24-19+,25-20+,37-27?;. The molecule has 8 heteroatoms. The normalized spacial score (nSPS) is 14.6. The molecule has 1 aliphatic heterocycles. The molecule has 2 amide bonds. The van der Waals surface area contributed by atoms with Gasteiger partial charge in [-0.3, -0.25) is 9.79 Å². The molecule has 0 aliphatic carbocycles. The van der Waals surface area contributed by atoms with E-state index < -0.39 is 5.60 Å². The molecule has 2 aromatic rings. The number of aliphatic imine (C=N–C) groups is 1. The van der Waals surface area contributed by atoms with Gasteiger partial charge in [-0.15, -0.1) is 13.2 Å². The SMILES string of the molecule is C=C.CC(=N/C=C(\C)C(C)(C)C)C(=O)NCc1ccc(-c2ncnc(/C=C(\C)C3=CCN(C(=O)OC(C)(C)C)CC3)c2C)cc1C. The van der Waals surface area contributed by atoms with E-state index in [4.69, 9.17) is 4.74 Å². The smallest absolute Gasteiger partial charge is 0.410 e. The van der Waals surface area contributed by atoms with Crippen LogP contribution >= 0.6 is 0 Å². The lowest BCUT2D eigenvalue weighted by molar-refractivity contribution is -0.115. The van der Waals surface area contributed by atoms with Gasteiger partial charge in [0, 0.05) is 37.0 Å². The average Bonchev–Trinajstić information content (AvgIpc) is 2.99. The lowest BCUT2D eigenvalue weighted by Gasteiger charge is -2.29. The maximum atomic E-state index is 12.6. The summed E-state index contributed by atoms with van der Waals surface area (Å²) in [6, 6.07) is 6.17. The van der Waals surface area contributed by atoms with E-state index >= 15 is 0 Å². The van der Waals surface area contributed by atoms with Crippen LogP contribution in [0.25, 0.3) is 17.3 Å². The molecule has 0 unspecified atom stereocenters. The van der Waals surface area contributed by atoms with Crippen molar-refractivity contribution in [3.8, 4) is 11.3 Å². The summed E-state index contributed by atoms with van der Waals surface area (Å²) in [7, 11) is 0. The third-order valence-electron chi connectivity index (χ3n) is 7.86. The maximum Gasteiger partial charge on any atom is 0.410 e. The quantitative estimate of drug-likeness (QED) is 0.245. The fraction of sp³-hybridized carbons (Fsp3) is 0.447. The second kappa shape index (κ2) is 16.3. The molecule has 1 aromatic carbocycles. The van der Waals surface area contributed by atoms with Gasteiger partial charge in [0.05, 0.1) is 11.4 Å². The van der Waals surface area contributed by atoms with Gasteiger partial charge in [-0.05, 0) is 107 Å². The molecule has 0 saturated carbocycles. The van der Waals surface area contributed by atoms with Crippen LogP contribution in [0.4, 0.5) is 4.79 Å². The number of amides is 2. The first kappa shape index (κ1) is 37.9. The van der Waals surface area contributed by atoms with E-state index in [9.17, 15) is 9.59 Å². The minimum atomic E-state index is -0.509. The number of benzene rings is 1. The molecular formula is C38H53N5O3. The first-order valence-corrected chi connectivity index (χ1v) is 15.7. The number of aromatic nitrogens is 2. The lowest BCUT2D eigenvalue weighted by atomic mass is 9.88. The summed E-state index contributed by atoms with van der Waals surface area (Å²) in [5, 5.41) is 2.99. The van der Waals surface area contributed by atoms with Crippen LogP contribution < -0.4 is 5.32 Å².